The van der Waals surface area contributed by atoms with Crippen LogP contribution in [0.5, 0.6) is 5.75 Å². The molecule has 23 heavy (non-hydrogen) atoms. The molecule has 2 aromatic carbocycles. The molecule has 0 fully saturated rings. The standard InChI is InChI=1S/C20H20O2S/c1-23-19-11-15-9-17-7-13-5-3-2-4-12(13)6-16(20(17)22)8-14(15)10-18(19)21/h2-5,10-11,16-17,21H,6-9H2,1H3. The van der Waals surface area contributed by atoms with Gasteiger partial charge in [0, 0.05) is 16.7 Å². The van der Waals surface area contributed by atoms with Crippen molar-refractivity contribution in [1.82, 2.24) is 0 Å². The van der Waals surface area contributed by atoms with E-state index < -0.39 is 0 Å². The average Bonchev–Trinajstić information content (AvgIpc) is 2.75. The number of aromatic hydroxyl groups is 1. The number of benzene rings is 2. The van der Waals surface area contributed by atoms with E-state index in [9.17, 15) is 9.90 Å². The Bertz CT molecular complexity index is 781. The number of rotatable bonds is 1. The summed E-state index contributed by atoms with van der Waals surface area (Å²) in [5, 5.41) is 10.2. The topological polar surface area (TPSA) is 37.3 Å². The van der Waals surface area contributed by atoms with Crippen molar-refractivity contribution < 1.29 is 9.90 Å². The number of Topliss-reactive ketones (excluding diaryl/α,β-unsaturated/α-hetero) is 1. The Labute approximate surface area is 140 Å². The number of phenols is 1. The zero-order valence-corrected chi connectivity index (χ0v) is 14.0. The second-order valence-corrected chi connectivity index (χ2v) is 7.52. The zero-order valence-electron chi connectivity index (χ0n) is 13.2. The van der Waals surface area contributed by atoms with E-state index in [2.05, 4.69) is 30.3 Å². The van der Waals surface area contributed by atoms with Crippen LogP contribution >= 0.6 is 11.8 Å². The van der Waals surface area contributed by atoms with Crippen LogP contribution in [0.2, 0.25) is 0 Å². The molecule has 0 aliphatic heterocycles. The van der Waals surface area contributed by atoms with Gasteiger partial charge in [-0.2, -0.15) is 0 Å². The number of carbonyl (C=O) groups is 1. The summed E-state index contributed by atoms with van der Waals surface area (Å²) in [6, 6.07) is 12.4. The maximum atomic E-state index is 13.0. The predicted octanol–water partition coefficient (Wildman–Crippen LogP) is 3.81. The zero-order chi connectivity index (χ0) is 16.0. The predicted molar refractivity (Wildman–Crippen MR) is 93.1 cm³/mol. The molecule has 0 saturated heterocycles. The molecule has 118 valence electrons. The highest BCUT2D eigenvalue weighted by Gasteiger charge is 2.35. The maximum absolute atomic E-state index is 13.0. The average molecular weight is 324 g/mol. The second kappa shape index (κ2) is 5.72. The molecular formula is C20H20O2S. The summed E-state index contributed by atoms with van der Waals surface area (Å²) >= 11 is 1.56. The first-order valence-corrected chi connectivity index (χ1v) is 9.37. The molecule has 0 saturated carbocycles. The molecule has 0 heterocycles. The van der Waals surface area contributed by atoms with Crippen LogP contribution in [-0.2, 0) is 30.5 Å². The van der Waals surface area contributed by atoms with Crippen LogP contribution in [0.3, 0.4) is 0 Å². The minimum Gasteiger partial charge on any atom is -0.507 e. The third-order valence-corrected chi connectivity index (χ3v) is 6.06. The molecule has 0 radical (unpaired) electrons. The fourth-order valence-electron chi connectivity index (χ4n) is 4.09. The Hall–Kier alpha value is -1.74. The summed E-state index contributed by atoms with van der Waals surface area (Å²) in [5.41, 5.74) is 5.05. The lowest BCUT2D eigenvalue weighted by Crippen LogP contribution is -2.24. The summed E-state index contributed by atoms with van der Waals surface area (Å²) in [5.74, 6) is 0.870. The van der Waals surface area contributed by atoms with Crippen molar-refractivity contribution in [2.45, 2.75) is 30.6 Å². The Morgan fingerprint density at radius 3 is 2.00 bits per heavy atom. The number of fused-ring (bicyclic) bond motifs is 4. The minimum atomic E-state index is 0.0458. The van der Waals surface area contributed by atoms with Gasteiger partial charge >= 0.3 is 0 Å². The summed E-state index contributed by atoms with van der Waals surface area (Å²) in [6.45, 7) is 0. The number of hydrogen-bond donors (Lipinski definition) is 1. The first-order valence-electron chi connectivity index (χ1n) is 8.15. The van der Waals surface area contributed by atoms with Crippen LogP contribution in [0.25, 0.3) is 0 Å². The largest absolute Gasteiger partial charge is 0.507 e. The SMILES string of the molecule is CSc1cc2c(cc1O)CC1Cc3ccccc3CC(C2)C1=O. The summed E-state index contributed by atoms with van der Waals surface area (Å²) in [4.78, 5) is 13.9. The highest BCUT2D eigenvalue weighted by Crippen LogP contribution is 2.38. The molecule has 0 amide bonds. The van der Waals surface area contributed by atoms with E-state index in [-0.39, 0.29) is 11.8 Å². The minimum absolute atomic E-state index is 0.0458. The Morgan fingerprint density at radius 1 is 0.913 bits per heavy atom. The van der Waals surface area contributed by atoms with Crippen molar-refractivity contribution in [3.8, 4) is 5.75 Å². The second-order valence-electron chi connectivity index (χ2n) is 6.67. The van der Waals surface area contributed by atoms with Crippen LogP contribution < -0.4 is 0 Å². The van der Waals surface area contributed by atoms with Crippen molar-refractivity contribution >= 4 is 17.5 Å². The highest BCUT2D eigenvalue weighted by atomic mass is 32.2. The number of ketones is 1. The van der Waals surface area contributed by atoms with Gasteiger partial charge in [-0.15, -0.1) is 11.8 Å². The van der Waals surface area contributed by atoms with Crippen molar-refractivity contribution in [3.63, 3.8) is 0 Å². The number of thioether (sulfide) groups is 1. The molecule has 2 aromatic rings. The molecule has 1 N–H and O–H groups in total. The molecule has 0 aromatic heterocycles. The molecule has 4 rings (SSSR count). The van der Waals surface area contributed by atoms with E-state index in [0.29, 0.717) is 11.5 Å². The summed E-state index contributed by atoms with van der Waals surface area (Å²) in [7, 11) is 0. The van der Waals surface area contributed by atoms with Gasteiger partial charge in [0.1, 0.15) is 11.5 Å². The maximum Gasteiger partial charge on any atom is 0.140 e. The van der Waals surface area contributed by atoms with Gasteiger partial charge in [-0.1, -0.05) is 24.3 Å². The third-order valence-electron chi connectivity index (χ3n) is 5.29. The molecule has 2 nitrogen and oxygen atoms in total. The van der Waals surface area contributed by atoms with E-state index in [1.54, 1.807) is 11.8 Å². The summed E-state index contributed by atoms with van der Waals surface area (Å²) in [6.07, 6.45) is 5.20. The van der Waals surface area contributed by atoms with E-state index >= 15 is 0 Å². The lowest BCUT2D eigenvalue weighted by molar-refractivity contribution is -0.126. The van der Waals surface area contributed by atoms with Gasteiger partial charge < -0.3 is 5.11 Å². The van der Waals surface area contributed by atoms with Gasteiger partial charge in [-0.05, 0) is 66.3 Å². The Balaban J connectivity index is 1.79. The molecule has 2 aliphatic rings. The molecular weight excluding hydrogens is 304 g/mol. The molecule has 3 heteroatoms. The lowest BCUT2D eigenvalue weighted by Gasteiger charge is -2.15. The number of hydrogen-bond acceptors (Lipinski definition) is 3. The first kappa shape index (κ1) is 14.8. The molecule has 2 bridgehead atoms. The van der Waals surface area contributed by atoms with Crippen LogP contribution in [-0.4, -0.2) is 17.1 Å². The Kier molecular flexibility index (Phi) is 3.68. The number of carbonyl (C=O) groups excluding carboxylic acids is 1. The van der Waals surface area contributed by atoms with E-state index in [0.717, 1.165) is 36.1 Å². The smallest absolute Gasteiger partial charge is 0.140 e. The first-order chi connectivity index (χ1) is 11.2. The summed E-state index contributed by atoms with van der Waals surface area (Å²) < 4.78 is 0. The van der Waals surface area contributed by atoms with Crippen LogP contribution in [0.15, 0.2) is 41.3 Å². The van der Waals surface area contributed by atoms with Crippen LogP contribution in [0, 0.1) is 11.8 Å². The molecule has 2 atom stereocenters. The van der Waals surface area contributed by atoms with E-state index in [1.807, 2.05) is 12.3 Å². The van der Waals surface area contributed by atoms with Crippen molar-refractivity contribution in [2.24, 2.45) is 11.8 Å². The fraction of sp³-hybridized carbons (Fsp3) is 0.350. The molecule has 0 spiro atoms. The fourth-order valence-corrected chi connectivity index (χ4v) is 4.62. The normalized spacial score (nSPS) is 22.7. The Morgan fingerprint density at radius 2 is 1.43 bits per heavy atom. The van der Waals surface area contributed by atoms with Crippen LogP contribution in [0.4, 0.5) is 0 Å². The van der Waals surface area contributed by atoms with Gasteiger partial charge in [-0.25, -0.2) is 0 Å². The number of phenolic OH excluding ortho intramolecular Hbond substituents is 1. The van der Waals surface area contributed by atoms with Gasteiger partial charge in [0.25, 0.3) is 0 Å². The molecule has 2 aliphatic carbocycles. The highest BCUT2D eigenvalue weighted by molar-refractivity contribution is 7.98. The van der Waals surface area contributed by atoms with Crippen LogP contribution in [0.1, 0.15) is 22.3 Å². The lowest BCUT2D eigenvalue weighted by atomic mass is 9.89. The van der Waals surface area contributed by atoms with Crippen molar-refractivity contribution in [1.29, 1.82) is 0 Å². The quantitative estimate of drug-likeness (QED) is 0.811. The van der Waals surface area contributed by atoms with Gasteiger partial charge in [-0.3, -0.25) is 4.79 Å². The van der Waals surface area contributed by atoms with Gasteiger partial charge in [0.15, 0.2) is 0 Å². The third kappa shape index (κ3) is 2.57. The monoisotopic (exact) mass is 324 g/mol. The van der Waals surface area contributed by atoms with Gasteiger partial charge in [0.2, 0.25) is 0 Å². The van der Waals surface area contributed by atoms with E-state index in [1.165, 1.54) is 16.7 Å². The molecule has 2 unspecified atom stereocenters. The van der Waals surface area contributed by atoms with E-state index in [4.69, 9.17) is 0 Å². The van der Waals surface area contributed by atoms with Crippen molar-refractivity contribution in [2.75, 3.05) is 6.26 Å². The van der Waals surface area contributed by atoms with Gasteiger partial charge in [0.05, 0.1) is 0 Å². The van der Waals surface area contributed by atoms with Crippen molar-refractivity contribution in [3.05, 3.63) is 58.7 Å².